The molecule has 8 nitrogen and oxygen atoms in total. The molecule has 184 valence electrons. The number of likely N-dealkylation sites (tertiary alicyclic amines) is 2. The van der Waals surface area contributed by atoms with Crippen molar-refractivity contribution in [1.82, 2.24) is 20.0 Å². The van der Waals surface area contributed by atoms with Crippen molar-refractivity contribution in [2.75, 3.05) is 72.7 Å². The fourth-order valence-electron chi connectivity index (χ4n) is 5.08. The molecule has 2 atom stereocenters. The quantitative estimate of drug-likeness (QED) is 0.630. The standard InChI is InChI=1S/C25H40N4O4/c1-27-11-8-21(9-12-27)29-10-2-3-24(30)23(19-29)26-25(31)20-4-6-22(7-5-20)33-18-15-28-13-16-32-17-14-28/h4-7,21,23-24,30H,2-3,8-19H2,1H3,(H,26,31). The van der Waals surface area contributed by atoms with Gasteiger partial charge in [-0.15, -0.1) is 0 Å². The molecule has 3 aliphatic heterocycles. The van der Waals surface area contributed by atoms with Gasteiger partial charge >= 0.3 is 0 Å². The third kappa shape index (κ3) is 7.13. The first kappa shape index (κ1) is 24.4. The molecule has 0 spiro atoms. The molecule has 3 saturated heterocycles. The number of hydrogen-bond donors (Lipinski definition) is 2. The Balaban J connectivity index is 1.26. The molecule has 0 saturated carbocycles. The molecule has 0 radical (unpaired) electrons. The lowest BCUT2D eigenvalue weighted by atomic mass is 10.0. The summed E-state index contributed by atoms with van der Waals surface area (Å²) in [5.41, 5.74) is 0.595. The van der Waals surface area contributed by atoms with Crippen LogP contribution in [0.25, 0.3) is 0 Å². The Morgan fingerprint density at radius 2 is 1.82 bits per heavy atom. The van der Waals surface area contributed by atoms with Crippen LogP contribution < -0.4 is 10.1 Å². The summed E-state index contributed by atoms with van der Waals surface area (Å²) in [6.45, 7) is 8.90. The Hall–Kier alpha value is -1.71. The van der Waals surface area contributed by atoms with Gasteiger partial charge in [-0.05, 0) is 76.6 Å². The van der Waals surface area contributed by atoms with Crippen molar-refractivity contribution >= 4 is 5.91 Å². The number of amides is 1. The van der Waals surface area contributed by atoms with Crippen molar-refractivity contribution in [2.24, 2.45) is 0 Å². The summed E-state index contributed by atoms with van der Waals surface area (Å²) in [5.74, 6) is 0.631. The molecule has 3 aliphatic rings. The predicted molar refractivity (Wildman–Crippen MR) is 128 cm³/mol. The largest absolute Gasteiger partial charge is 0.492 e. The highest BCUT2D eigenvalue weighted by molar-refractivity contribution is 5.94. The molecule has 1 amide bonds. The predicted octanol–water partition coefficient (Wildman–Crippen LogP) is 1.05. The fourth-order valence-corrected chi connectivity index (χ4v) is 5.08. The van der Waals surface area contributed by atoms with Crippen LogP contribution in [-0.2, 0) is 4.74 Å². The Kier molecular flexibility index (Phi) is 8.97. The number of aliphatic hydroxyl groups excluding tert-OH is 1. The van der Waals surface area contributed by atoms with Gasteiger partial charge in [-0.2, -0.15) is 0 Å². The van der Waals surface area contributed by atoms with Crippen LogP contribution in [-0.4, -0.2) is 117 Å². The number of nitrogens with one attached hydrogen (secondary N) is 1. The average molecular weight is 461 g/mol. The summed E-state index contributed by atoms with van der Waals surface area (Å²) in [6.07, 6.45) is 3.49. The Bertz CT molecular complexity index is 732. The zero-order chi connectivity index (χ0) is 23.0. The average Bonchev–Trinajstić information content (AvgIpc) is 3.02. The summed E-state index contributed by atoms with van der Waals surface area (Å²) in [6, 6.07) is 7.60. The zero-order valence-electron chi connectivity index (χ0n) is 20.0. The van der Waals surface area contributed by atoms with Gasteiger partial charge in [0, 0.05) is 37.8 Å². The highest BCUT2D eigenvalue weighted by Gasteiger charge is 2.31. The Morgan fingerprint density at radius 1 is 1.09 bits per heavy atom. The van der Waals surface area contributed by atoms with Gasteiger partial charge in [0.2, 0.25) is 0 Å². The lowest BCUT2D eigenvalue weighted by Gasteiger charge is -2.38. The maximum atomic E-state index is 12.9. The van der Waals surface area contributed by atoms with Gasteiger partial charge < -0.3 is 24.8 Å². The molecule has 0 bridgehead atoms. The van der Waals surface area contributed by atoms with Crippen molar-refractivity contribution in [1.29, 1.82) is 0 Å². The first-order valence-electron chi connectivity index (χ1n) is 12.5. The minimum atomic E-state index is -0.506. The lowest BCUT2D eigenvalue weighted by Crippen LogP contribution is -2.52. The molecule has 0 aromatic heterocycles. The molecule has 3 heterocycles. The van der Waals surface area contributed by atoms with E-state index in [2.05, 4.69) is 27.1 Å². The molecule has 3 fully saturated rings. The summed E-state index contributed by atoms with van der Waals surface area (Å²) in [7, 11) is 2.17. The number of carbonyl (C=O) groups is 1. The normalized spacial score (nSPS) is 26.6. The van der Waals surface area contributed by atoms with E-state index in [-0.39, 0.29) is 11.9 Å². The molecule has 33 heavy (non-hydrogen) atoms. The highest BCUT2D eigenvalue weighted by Crippen LogP contribution is 2.21. The van der Waals surface area contributed by atoms with E-state index in [4.69, 9.17) is 9.47 Å². The number of benzene rings is 1. The third-order valence-corrected chi connectivity index (χ3v) is 7.26. The van der Waals surface area contributed by atoms with Gasteiger partial charge in [0.1, 0.15) is 12.4 Å². The van der Waals surface area contributed by atoms with E-state index >= 15 is 0 Å². The smallest absolute Gasteiger partial charge is 0.251 e. The van der Waals surface area contributed by atoms with Crippen molar-refractivity contribution in [3.05, 3.63) is 29.8 Å². The number of hydrogen-bond acceptors (Lipinski definition) is 7. The Morgan fingerprint density at radius 3 is 2.55 bits per heavy atom. The van der Waals surface area contributed by atoms with E-state index in [1.807, 2.05) is 12.1 Å². The van der Waals surface area contributed by atoms with Crippen LogP contribution in [0.1, 0.15) is 36.0 Å². The monoisotopic (exact) mass is 460 g/mol. The number of carbonyl (C=O) groups excluding carboxylic acids is 1. The highest BCUT2D eigenvalue weighted by atomic mass is 16.5. The molecule has 1 aromatic rings. The van der Waals surface area contributed by atoms with Crippen LogP contribution in [0, 0.1) is 0 Å². The van der Waals surface area contributed by atoms with Gasteiger partial charge in [0.15, 0.2) is 0 Å². The van der Waals surface area contributed by atoms with Gasteiger partial charge in [-0.25, -0.2) is 0 Å². The number of morpholine rings is 1. The maximum Gasteiger partial charge on any atom is 0.251 e. The van der Waals surface area contributed by atoms with E-state index in [1.54, 1.807) is 12.1 Å². The maximum absolute atomic E-state index is 12.9. The molecule has 4 rings (SSSR count). The van der Waals surface area contributed by atoms with Gasteiger partial charge in [-0.1, -0.05) is 0 Å². The van der Waals surface area contributed by atoms with Crippen LogP contribution in [0.2, 0.25) is 0 Å². The summed E-state index contributed by atoms with van der Waals surface area (Å²) in [4.78, 5) is 20.1. The van der Waals surface area contributed by atoms with Crippen LogP contribution in [0.4, 0.5) is 0 Å². The zero-order valence-corrected chi connectivity index (χ0v) is 20.0. The van der Waals surface area contributed by atoms with Crippen LogP contribution in [0.3, 0.4) is 0 Å². The molecule has 1 aromatic carbocycles. The number of aliphatic hydroxyl groups is 1. The molecular formula is C25H40N4O4. The van der Waals surface area contributed by atoms with Gasteiger partial charge in [0.05, 0.1) is 25.4 Å². The van der Waals surface area contributed by atoms with Crippen molar-refractivity contribution in [3.63, 3.8) is 0 Å². The SMILES string of the molecule is CN1CCC(N2CCCC(O)C(NC(=O)c3ccc(OCCN4CCOCC4)cc3)C2)CC1. The van der Waals surface area contributed by atoms with Crippen molar-refractivity contribution < 1.29 is 19.4 Å². The molecule has 8 heteroatoms. The summed E-state index contributed by atoms with van der Waals surface area (Å²) < 4.78 is 11.2. The van der Waals surface area contributed by atoms with Crippen LogP contribution in [0.15, 0.2) is 24.3 Å². The van der Waals surface area contributed by atoms with E-state index < -0.39 is 6.10 Å². The topological polar surface area (TPSA) is 77.5 Å². The second-order valence-corrected chi connectivity index (χ2v) is 9.65. The van der Waals surface area contributed by atoms with E-state index in [0.29, 0.717) is 24.8 Å². The number of rotatable bonds is 7. The minimum absolute atomic E-state index is 0.135. The van der Waals surface area contributed by atoms with Crippen LogP contribution >= 0.6 is 0 Å². The van der Waals surface area contributed by atoms with E-state index in [0.717, 1.165) is 83.9 Å². The second-order valence-electron chi connectivity index (χ2n) is 9.65. The van der Waals surface area contributed by atoms with Crippen LogP contribution in [0.5, 0.6) is 5.75 Å². The summed E-state index contributed by atoms with van der Waals surface area (Å²) in [5, 5.41) is 13.8. The molecule has 2 unspecified atom stereocenters. The number of nitrogens with zero attached hydrogens (tertiary/aromatic N) is 3. The van der Waals surface area contributed by atoms with Crippen molar-refractivity contribution in [3.8, 4) is 5.75 Å². The van der Waals surface area contributed by atoms with Gasteiger partial charge in [-0.3, -0.25) is 14.6 Å². The number of ether oxygens (including phenoxy) is 2. The Labute approximate surface area is 197 Å². The van der Waals surface area contributed by atoms with E-state index in [1.165, 1.54) is 0 Å². The molecule has 0 aliphatic carbocycles. The fraction of sp³-hybridized carbons (Fsp3) is 0.720. The molecule has 2 N–H and O–H groups in total. The van der Waals surface area contributed by atoms with E-state index in [9.17, 15) is 9.90 Å². The third-order valence-electron chi connectivity index (χ3n) is 7.26. The van der Waals surface area contributed by atoms with Crippen molar-refractivity contribution in [2.45, 2.75) is 43.9 Å². The first-order valence-corrected chi connectivity index (χ1v) is 12.5. The lowest BCUT2D eigenvalue weighted by molar-refractivity contribution is 0.0322. The second kappa shape index (κ2) is 12.1. The minimum Gasteiger partial charge on any atom is -0.492 e. The summed E-state index contributed by atoms with van der Waals surface area (Å²) >= 11 is 0. The first-order chi connectivity index (χ1) is 16.1. The number of piperidine rings is 1. The van der Waals surface area contributed by atoms with Gasteiger partial charge in [0.25, 0.3) is 5.91 Å². The molecular weight excluding hydrogens is 420 g/mol.